The predicted molar refractivity (Wildman–Crippen MR) is 143 cm³/mol. The monoisotopic (exact) mass is 581 g/mol. The van der Waals surface area contributed by atoms with Crippen LogP contribution in [-0.2, 0) is 36.3 Å². The third-order valence-corrected chi connectivity index (χ3v) is 9.60. The van der Waals surface area contributed by atoms with Crippen molar-refractivity contribution in [3.05, 3.63) is 78.4 Å². The molecule has 2 unspecified atom stereocenters. The van der Waals surface area contributed by atoms with Gasteiger partial charge in [-0.25, -0.2) is 0 Å². The third kappa shape index (κ3) is 6.38. The van der Waals surface area contributed by atoms with Gasteiger partial charge in [0.2, 0.25) is 0 Å². The van der Waals surface area contributed by atoms with Gasteiger partial charge in [0.25, 0.3) is 0 Å². The van der Waals surface area contributed by atoms with Crippen molar-refractivity contribution in [2.45, 2.75) is 59.5 Å². The largest absolute Gasteiger partial charge is 0.508 e. The molecule has 7 nitrogen and oxygen atoms in total. The van der Waals surface area contributed by atoms with Crippen molar-refractivity contribution in [1.29, 1.82) is 0 Å². The third-order valence-electron chi connectivity index (χ3n) is 6.35. The summed E-state index contributed by atoms with van der Waals surface area (Å²) in [6.07, 6.45) is -2.11. The van der Waals surface area contributed by atoms with Gasteiger partial charge in [-0.05, 0) is 86.6 Å². The standard InChI is InChI=1S/C28H30F2O7S2/c1-19(28(29,30)39(32,33)34)37-22-9-15-25(16-10-22)38(24-13-7-21(31)8-14-24)23-11-5-20(6-12-23)27(4)35-17-26(2,3)18-36-27/h5-16,19H,17-18H2,1-4H3,(H-,31,32,33,34)/p+1. The van der Waals surface area contributed by atoms with Crippen LogP contribution >= 0.6 is 0 Å². The van der Waals surface area contributed by atoms with Crippen LogP contribution in [0, 0.1) is 5.41 Å². The molecule has 0 aromatic heterocycles. The van der Waals surface area contributed by atoms with Gasteiger partial charge in [0.1, 0.15) is 11.5 Å². The molecule has 0 amide bonds. The fraction of sp³-hybridized carbons (Fsp3) is 0.357. The summed E-state index contributed by atoms with van der Waals surface area (Å²) in [6, 6.07) is 21.0. The first-order chi connectivity index (χ1) is 18.1. The lowest BCUT2D eigenvalue weighted by atomic mass is 9.94. The number of benzene rings is 3. The Labute approximate surface area is 229 Å². The van der Waals surface area contributed by atoms with E-state index in [0.29, 0.717) is 13.2 Å². The summed E-state index contributed by atoms with van der Waals surface area (Å²) >= 11 is 0. The van der Waals surface area contributed by atoms with Crippen molar-refractivity contribution in [3.63, 3.8) is 0 Å². The summed E-state index contributed by atoms with van der Waals surface area (Å²) in [5.41, 5.74) is 0.800. The van der Waals surface area contributed by atoms with E-state index in [1.54, 1.807) is 24.3 Å². The number of ether oxygens (including phenoxy) is 3. The molecule has 0 spiro atoms. The average Bonchev–Trinajstić information content (AvgIpc) is 2.88. The Kier molecular flexibility index (Phi) is 8.04. The van der Waals surface area contributed by atoms with Crippen LogP contribution in [0.5, 0.6) is 11.5 Å². The molecule has 1 aliphatic heterocycles. The van der Waals surface area contributed by atoms with Crippen LogP contribution in [0.15, 0.2) is 87.5 Å². The Morgan fingerprint density at radius 2 is 1.31 bits per heavy atom. The van der Waals surface area contributed by atoms with Crippen LogP contribution in [0.4, 0.5) is 8.78 Å². The maximum absolute atomic E-state index is 13.9. The first kappa shape index (κ1) is 29.3. The predicted octanol–water partition coefficient (Wildman–Crippen LogP) is 5.98. The summed E-state index contributed by atoms with van der Waals surface area (Å²) in [7, 11) is -6.28. The smallest absolute Gasteiger partial charge is 0.405 e. The molecule has 0 saturated carbocycles. The zero-order valence-corrected chi connectivity index (χ0v) is 23.6. The number of aromatic hydroxyl groups is 1. The first-order valence-corrected chi connectivity index (χ1v) is 14.8. The zero-order chi connectivity index (χ0) is 28.6. The van der Waals surface area contributed by atoms with Crippen molar-refractivity contribution in [1.82, 2.24) is 0 Å². The Morgan fingerprint density at radius 1 is 0.872 bits per heavy atom. The Balaban J connectivity index is 1.62. The van der Waals surface area contributed by atoms with Crippen LogP contribution in [0.25, 0.3) is 0 Å². The van der Waals surface area contributed by atoms with Gasteiger partial charge in [-0.2, -0.15) is 17.2 Å². The molecule has 3 aromatic carbocycles. The van der Waals surface area contributed by atoms with Gasteiger partial charge in [-0.3, -0.25) is 4.55 Å². The maximum atomic E-state index is 13.9. The van der Waals surface area contributed by atoms with E-state index < -0.39 is 38.2 Å². The maximum Gasteiger partial charge on any atom is 0.405 e. The molecule has 1 fully saturated rings. The van der Waals surface area contributed by atoms with Gasteiger partial charge in [0, 0.05) is 11.0 Å². The van der Waals surface area contributed by atoms with E-state index in [0.717, 1.165) is 27.2 Å². The van der Waals surface area contributed by atoms with Crippen LogP contribution in [0.1, 0.15) is 33.3 Å². The minimum absolute atomic E-state index is 0.0154. The highest BCUT2D eigenvalue weighted by Gasteiger charge is 2.51. The van der Waals surface area contributed by atoms with Crippen molar-refractivity contribution in [2.75, 3.05) is 13.2 Å². The summed E-state index contributed by atoms with van der Waals surface area (Å²) in [6.45, 7) is 8.04. The van der Waals surface area contributed by atoms with E-state index >= 15 is 0 Å². The average molecular weight is 582 g/mol. The van der Waals surface area contributed by atoms with Crippen LogP contribution in [-0.4, -0.2) is 42.6 Å². The van der Waals surface area contributed by atoms with E-state index in [4.69, 9.17) is 18.8 Å². The number of hydrogen-bond donors (Lipinski definition) is 2. The highest BCUT2D eigenvalue weighted by atomic mass is 32.2. The van der Waals surface area contributed by atoms with Gasteiger partial charge in [-0.15, -0.1) is 0 Å². The number of phenolic OH excluding ortho intramolecular Hbond substituents is 1. The van der Waals surface area contributed by atoms with Crippen molar-refractivity contribution < 1.29 is 41.1 Å². The molecule has 2 atom stereocenters. The molecule has 1 heterocycles. The molecule has 2 N–H and O–H groups in total. The number of rotatable bonds is 8. The Hall–Kier alpha value is -2.70. The minimum atomic E-state index is -5.64. The number of alkyl halides is 2. The molecular weight excluding hydrogens is 550 g/mol. The lowest BCUT2D eigenvalue weighted by Crippen LogP contribution is -2.43. The van der Waals surface area contributed by atoms with Crippen LogP contribution in [0.2, 0.25) is 0 Å². The van der Waals surface area contributed by atoms with Crippen molar-refractivity contribution in [3.8, 4) is 11.5 Å². The topological polar surface area (TPSA) is 102 Å². The van der Waals surface area contributed by atoms with Gasteiger partial charge in [0.15, 0.2) is 26.6 Å². The van der Waals surface area contributed by atoms with Crippen molar-refractivity contribution >= 4 is 21.0 Å². The molecule has 0 bridgehead atoms. The highest BCUT2D eigenvalue weighted by Crippen LogP contribution is 2.38. The SMILES string of the molecule is CC(Oc1ccc([S+](c2ccc(O)cc2)c2ccc(C3(C)OCC(C)(C)CO3)cc2)cc1)C(F)(F)S(=O)(=O)O. The van der Waals surface area contributed by atoms with Gasteiger partial charge in [0.05, 0.1) is 24.1 Å². The molecule has 0 aliphatic carbocycles. The summed E-state index contributed by atoms with van der Waals surface area (Å²) in [5.74, 6) is -0.732. The van der Waals surface area contributed by atoms with E-state index in [-0.39, 0.29) is 16.9 Å². The van der Waals surface area contributed by atoms with Gasteiger partial charge in [-0.1, -0.05) is 13.8 Å². The van der Waals surface area contributed by atoms with Crippen LogP contribution < -0.4 is 4.74 Å². The fourth-order valence-electron chi connectivity index (χ4n) is 3.94. The first-order valence-electron chi connectivity index (χ1n) is 12.1. The van der Waals surface area contributed by atoms with Gasteiger partial charge >= 0.3 is 15.4 Å². The van der Waals surface area contributed by atoms with Crippen molar-refractivity contribution in [2.24, 2.45) is 5.41 Å². The second-order valence-electron chi connectivity index (χ2n) is 10.3. The van der Waals surface area contributed by atoms with E-state index in [1.807, 2.05) is 43.3 Å². The normalized spacial score (nSPS) is 18.7. The molecule has 0 radical (unpaired) electrons. The fourth-order valence-corrected chi connectivity index (χ4v) is 6.45. The second-order valence-corrected chi connectivity index (χ2v) is 13.8. The lowest BCUT2D eigenvalue weighted by molar-refractivity contribution is -0.298. The molecule has 210 valence electrons. The zero-order valence-electron chi connectivity index (χ0n) is 21.9. The molecule has 3 aromatic rings. The minimum Gasteiger partial charge on any atom is -0.508 e. The quantitative estimate of drug-likeness (QED) is 0.249. The summed E-state index contributed by atoms with van der Waals surface area (Å²) in [5, 5.41) is 5.34. The molecular formula is C28H31F2O7S2+. The van der Waals surface area contributed by atoms with E-state index in [2.05, 4.69) is 13.8 Å². The highest BCUT2D eigenvalue weighted by molar-refractivity contribution is 7.97. The molecule has 11 heteroatoms. The Bertz CT molecular complexity index is 1380. The Morgan fingerprint density at radius 3 is 1.77 bits per heavy atom. The lowest BCUT2D eigenvalue weighted by Gasteiger charge is -2.41. The summed E-state index contributed by atoms with van der Waals surface area (Å²) in [4.78, 5) is 2.68. The second kappa shape index (κ2) is 10.7. The number of hydrogen-bond acceptors (Lipinski definition) is 6. The van der Waals surface area contributed by atoms with E-state index in [1.165, 1.54) is 12.1 Å². The van der Waals surface area contributed by atoms with Crippen LogP contribution in [0.3, 0.4) is 0 Å². The summed E-state index contributed by atoms with van der Waals surface area (Å²) < 4.78 is 76.0. The van der Waals surface area contributed by atoms with E-state index in [9.17, 15) is 22.3 Å². The molecule has 4 rings (SSSR count). The van der Waals surface area contributed by atoms with Gasteiger partial charge < -0.3 is 19.3 Å². The molecule has 1 saturated heterocycles. The molecule has 39 heavy (non-hydrogen) atoms. The molecule has 1 aliphatic rings. The number of phenols is 1. The number of halogens is 2.